The molecular formula is C15H19N5O2. The Bertz CT molecular complexity index is 714. The van der Waals surface area contributed by atoms with Crippen LogP contribution in [0.25, 0.3) is 11.0 Å². The summed E-state index contributed by atoms with van der Waals surface area (Å²) >= 11 is 0. The van der Waals surface area contributed by atoms with Crippen LogP contribution in [0.1, 0.15) is 12.8 Å². The Balaban J connectivity index is 1.43. The molecule has 1 amide bonds. The highest BCUT2D eigenvalue weighted by atomic mass is 16.5. The number of carbonyl (C=O) groups is 1. The SMILES string of the molecule is COC(=O)N1CC2(CC(N(C)c3ncnc4[nH]ccc34)C2)C1. The van der Waals surface area contributed by atoms with Crippen molar-refractivity contribution in [3.63, 3.8) is 0 Å². The van der Waals surface area contributed by atoms with Crippen LogP contribution in [0.15, 0.2) is 18.6 Å². The summed E-state index contributed by atoms with van der Waals surface area (Å²) in [5.74, 6) is 0.968. The molecule has 116 valence electrons. The van der Waals surface area contributed by atoms with Crippen molar-refractivity contribution in [1.29, 1.82) is 0 Å². The van der Waals surface area contributed by atoms with Crippen molar-refractivity contribution < 1.29 is 9.53 Å². The highest BCUT2D eigenvalue weighted by Gasteiger charge is 2.55. The third kappa shape index (κ3) is 1.84. The van der Waals surface area contributed by atoms with Crippen LogP contribution < -0.4 is 4.90 Å². The largest absolute Gasteiger partial charge is 0.453 e. The molecule has 1 saturated carbocycles. The van der Waals surface area contributed by atoms with Crippen molar-refractivity contribution in [2.75, 3.05) is 32.1 Å². The number of amides is 1. The number of rotatable bonds is 2. The van der Waals surface area contributed by atoms with Crippen LogP contribution in [0.5, 0.6) is 0 Å². The molecule has 0 bridgehead atoms. The van der Waals surface area contributed by atoms with E-state index in [1.165, 1.54) is 7.11 Å². The number of hydrogen-bond donors (Lipinski definition) is 1. The van der Waals surface area contributed by atoms with Gasteiger partial charge in [-0.3, -0.25) is 0 Å². The van der Waals surface area contributed by atoms with Crippen molar-refractivity contribution in [2.45, 2.75) is 18.9 Å². The summed E-state index contributed by atoms with van der Waals surface area (Å²) in [7, 11) is 3.52. The maximum Gasteiger partial charge on any atom is 0.409 e. The Hall–Kier alpha value is -2.31. The van der Waals surface area contributed by atoms with Gasteiger partial charge < -0.3 is 19.5 Å². The number of methoxy groups -OCH3 is 1. The monoisotopic (exact) mass is 301 g/mol. The zero-order chi connectivity index (χ0) is 15.3. The minimum atomic E-state index is -0.215. The molecule has 0 atom stereocenters. The van der Waals surface area contributed by atoms with E-state index >= 15 is 0 Å². The number of hydrogen-bond acceptors (Lipinski definition) is 5. The Kier molecular flexibility index (Phi) is 2.79. The van der Waals surface area contributed by atoms with Gasteiger partial charge >= 0.3 is 6.09 Å². The van der Waals surface area contributed by atoms with E-state index in [9.17, 15) is 4.79 Å². The van der Waals surface area contributed by atoms with E-state index in [1.807, 2.05) is 12.3 Å². The van der Waals surface area contributed by atoms with E-state index in [0.717, 1.165) is 42.8 Å². The summed E-state index contributed by atoms with van der Waals surface area (Å²) in [6.07, 6.45) is 5.45. The third-order valence-corrected chi connectivity index (χ3v) is 5.04. The zero-order valence-electron chi connectivity index (χ0n) is 12.7. The van der Waals surface area contributed by atoms with E-state index < -0.39 is 0 Å². The summed E-state index contributed by atoms with van der Waals surface area (Å²) in [5.41, 5.74) is 1.16. The first-order valence-electron chi connectivity index (χ1n) is 7.46. The lowest BCUT2D eigenvalue weighted by Crippen LogP contribution is -2.67. The molecule has 2 aliphatic rings. The van der Waals surface area contributed by atoms with E-state index in [0.29, 0.717) is 6.04 Å². The minimum absolute atomic E-state index is 0.215. The Morgan fingerprint density at radius 3 is 2.95 bits per heavy atom. The van der Waals surface area contributed by atoms with Crippen LogP contribution in [0, 0.1) is 5.41 Å². The fraction of sp³-hybridized carbons (Fsp3) is 0.533. The van der Waals surface area contributed by atoms with Crippen LogP contribution >= 0.6 is 0 Å². The quantitative estimate of drug-likeness (QED) is 0.912. The number of likely N-dealkylation sites (tertiary alicyclic amines) is 1. The highest BCUT2D eigenvalue weighted by molar-refractivity contribution is 5.87. The van der Waals surface area contributed by atoms with Gasteiger partial charge in [0, 0.05) is 37.8 Å². The van der Waals surface area contributed by atoms with Gasteiger partial charge in [-0.1, -0.05) is 0 Å². The van der Waals surface area contributed by atoms with Gasteiger partial charge in [0.15, 0.2) is 0 Å². The molecule has 1 aliphatic heterocycles. The lowest BCUT2D eigenvalue weighted by atomic mass is 9.60. The van der Waals surface area contributed by atoms with Crippen LogP contribution in [0.3, 0.4) is 0 Å². The number of ether oxygens (including phenoxy) is 1. The minimum Gasteiger partial charge on any atom is -0.453 e. The molecule has 1 spiro atoms. The summed E-state index contributed by atoms with van der Waals surface area (Å²) in [6, 6.07) is 2.48. The predicted octanol–water partition coefficient (Wildman–Crippen LogP) is 1.62. The second-order valence-electron chi connectivity index (χ2n) is 6.44. The number of anilines is 1. The van der Waals surface area contributed by atoms with Crippen LogP contribution in [0.2, 0.25) is 0 Å². The first-order chi connectivity index (χ1) is 10.6. The average Bonchev–Trinajstić information content (AvgIpc) is 2.91. The van der Waals surface area contributed by atoms with Gasteiger partial charge in [0.1, 0.15) is 17.8 Å². The van der Waals surface area contributed by atoms with Crippen LogP contribution in [-0.2, 0) is 4.74 Å². The zero-order valence-corrected chi connectivity index (χ0v) is 12.7. The molecule has 2 aromatic rings. The molecule has 0 radical (unpaired) electrons. The standard InChI is InChI=1S/C15H19N5O2/c1-19(13-11-3-4-16-12(11)17-9-18-13)10-5-15(6-10)7-20(8-15)14(21)22-2/h3-4,9-10H,5-8H2,1-2H3,(H,16,17,18). The Morgan fingerprint density at radius 2 is 2.23 bits per heavy atom. The third-order valence-electron chi connectivity index (χ3n) is 5.04. The molecule has 22 heavy (non-hydrogen) atoms. The summed E-state index contributed by atoms with van der Waals surface area (Å²) < 4.78 is 4.76. The normalized spacial score (nSPS) is 19.8. The smallest absolute Gasteiger partial charge is 0.409 e. The van der Waals surface area contributed by atoms with E-state index in [2.05, 4.69) is 26.9 Å². The lowest BCUT2D eigenvalue weighted by Gasteiger charge is -2.60. The number of carbonyl (C=O) groups excluding carboxylic acids is 1. The average molecular weight is 301 g/mol. The Morgan fingerprint density at radius 1 is 1.45 bits per heavy atom. The van der Waals surface area contributed by atoms with Gasteiger partial charge in [-0.15, -0.1) is 0 Å². The molecule has 2 aromatic heterocycles. The van der Waals surface area contributed by atoms with E-state index in [-0.39, 0.29) is 11.5 Å². The van der Waals surface area contributed by atoms with Crippen molar-refractivity contribution >= 4 is 22.9 Å². The van der Waals surface area contributed by atoms with Gasteiger partial charge in [-0.2, -0.15) is 0 Å². The summed E-state index contributed by atoms with van der Waals surface area (Å²) in [4.78, 5) is 27.2. The second-order valence-corrected chi connectivity index (χ2v) is 6.44. The lowest BCUT2D eigenvalue weighted by molar-refractivity contribution is -0.0602. The Labute approximate surface area is 128 Å². The van der Waals surface area contributed by atoms with Crippen molar-refractivity contribution in [3.05, 3.63) is 18.6 Å². The molecule has 7 nitrogen and oxygen atoms in total. The number of H-pyrrole nitrogens is 1. The fourth-order valence-electron chi connectivity index (χ4n) is 3.81. The first kappa shape index (κ1) is 13.4. The van der Waals surface area contributed by atoms with Crippen molar-refractivity contribution in [1.82, 2.24) is 19.9 Å². The van der Waals surface area contributed by atoms with Gasteiger partial charge in [0.05, 0.1) is 12.5 Å². The van der Waals surface area contributed by atoms with Gasteiger partial charge in [-0.25, -0.2) is 14.8 Å². The van der Waals surface area contributed by atoms with E-state index in [1.54, 1.807) is 11.2 Å². The summed E-state index contributed by atoms with van der Waals surface area (Å²) in [5, 5.41) is 1.05. The number of aromatic amines is 1. The van der Waals surface area contributed by atoms with Gasteiger partial charge in [0.25, 0.3) is 0 Å². The molecular weight excluding hydrogens is 282 g/mol. The molecule has 2 fully saturated rings. The molecule has 0 unspecified atom stereocenters. The number of nitrogens with zero attached hydrogens (tertiary/aromatic N) is 4. The van der Waals surface area contributed by atoms with E-state index in [4.69, 9.17) is 4.74 Å². The number of aromatic nitrogens is 3. The maximum atomic E-state index is 11.4. The molecule has 1 N–H and O–H groups in total. The van der Waals surface area contributed by atoms with Crippen molar-refractivity contribution in [2.24, 2.45) is 5.41 Å². The predicted molar refractivity (Wildman–Crippen MR) is 81.7 cm³/mol. The molecule has 7 heteroatoms. The number of fused-ring (bicyclic) bond motifs is 1. The molecule has 3 heterocycles. The fourth-order valence-corrected chi connectivity index (χ4v) is 3.81. The maximum absolute atomic E-state index is 11.4. The molecule has 1 aliphatic carbocycles. The number of nitrogens with one attached hydrogen (secondary N) is 1. The first-order valence-corrected chi connectivity index (χ1v) is 7.46. The molecule has 0 aromatic carbocycles. The van der Waals surface area contributed by atoms with Crippen molar-refractivity contribution in [3.8, 4) is 0 Å². The van der Waals surface area contributed by atoms with Gasteiger partial charge in [-0.05, 0) is 18.9 Å². The molecule has 4 rings (SSSR count). The van der Waals surface area contributed by atoms with Crippen LogP contribution in [-0.4, -0.2) is 59.2 Å². The second kappa shape index (κ2) is 4.59. The molecule has 1 saturated heterocycles. The van der Waals surface area contributed by atoms with Gasteiger partial charge in [0.2, 0.25) is 0 Å². The van der Waals surface area contributed by atoms with Crippen LogP contribution in [0.4, 0.5) is 10.6 Å². The highest BCUT2D eigenvalue weighted by Crippen LogP contribution is 2.50. The summed E-state index contributed by atoms with van der Waals surface area (Å²) in [6.45, 7) is 1.63. The topological polar surface area (TPSA) is 74.3 Å².